The lowest BCUT2D eigenvalue weighted by Crippen LogP contribution is -2.26. The predicted molar refractivity (Wildman–Crippen MR) is 120 cm³/mol. The molecule has 1 aliphatic heterocycles. The van der Waals surface area contributed by atoms with Gasteiger partial charge >= 0.3 is 0 Å². The van der Waals surface area contributed by atoms with Crippen LogP contribution in [0.5, 0.6) is 11.5 Å². The summed E-state index contributed by atoms with van der Waals surface area (Å²) in [7, 11) is -3.82. The summed E-state index contributed by atoms with van der Waals surface area (Å²) < 4.78 is 35.7. The molecule has 2 aromatic carbocycles. The van der Waals surface area contributed by atoms with Crippen LogP contribution in [0.15, 0.2) is 77.8 Å². The molecular weight excluding hydrogens is 432 g/mol. The van der Waals surface area contributed by atoms with Gasteiger partial charge in [0.25, 0.3) is 0 Å². The lowest BCUT2D eigenvalue weighted by molar-refractivity contribution is 0.174. The molecule has 31 heavy (non-hydrogen) atoms. The van der Waals surface area contributed by atoms with Crippen molar-refractivity contribution in [3.05, 3.63) is 83.4 Å². The van der Waals surface area contributed by atoms with Crippen LogP contribution in [0.3, 0.4) is 0 Å². The minimum absolute atomic E-state index is 0.00323. The topological polar surface area (TPSA) is 91.5 Å². The molecule has 4 aromatic rings. The minimum Gasteiger partial charge on any atom is -0.490 e. The number of sulfonamides is 1. The Morgan fingerprint density at radius 2 is 1.87 bits per heavy atom. The van der Waals surface area contributed by atoms with Gasteiger partial charge in [-0.2, -0.15) is 0 Å². The Hall–Kier alpha value is -2.94. The third-order valence-electron chi connectivity index (χ3n) is 5.33. The number of thiophene rings is 1. The summed E-state index contributed by atoms with van der Waals surface area (Å²) in [6.07, 6.45) is 2.24. The van der Waals surface area contributed by atoms with Crippen molar-refractivity contribution in [1.82, 2.24) is 4.98 Å². The van der Waals surface area contributed by atoms with E-state index in [2.05, 4.69) is 29.2 Å². The molecular formula is C23H20N2O4S2. The first-order valence-electron chi connectivity index (χ1n) is 9.85. The monoisotopic (exact) mass is 452 g/mol. The molecule has 2 N–H and O–H groups in total. The molecule has 158 valence electrons. The van der Waals surface area contributed by atoms with Gasteiger partial charge in [-0.1, -0.05) is 36.4 Å². The third kappa shape index (κ3) is 4.01. The Morgan fingerprint density at radius 3 is 2.65 bits per heavy atom. The van der Waals surface area contributed by atoms with Crippen molar-refractivity contribution < 1.29 is 17.9 Å². The molecule has 8 heteroatoms. The van der Waals surface area contributed by atoms with E-state index in [9.17, 15) is 8.42 Å². The Morgan fingerprint density at radius 1 is 1.03 bits per heavy atom. The van der Waals surface area contributed by atoms with Crippen LogP contribution in [0, 0.1) is 0 Å². The number of benzene rings is 2. The van der Waals surface area contributed by atoms with Crippen LogP contribution in [0.1, 0.15) is 22.8 Å². The summed E-state index contributed by atoms with van der Waals surface area (Å²) in [4.78, 5) is 6.65. The number of hydrogen-bond acceptors (Lipinski definition) is 6. The number of primary sulfonamides is 1. The maximum atomic E-state index is 11.7. The van der Waals surface area contributed by atoms with Gasteiger partial charge < -0.3 is 9.47 Å². The van der Waals surface area contributed by atoms with Crippen molar-refractivity contribution in [2.75, 3.05) is 6.61 Å². The van der Waals surface area contributed by atoms with E-state index in [4.69, 9.17) is 14.6 Å². The largest absolute Gasteiger partial charge is 0.490 e. The Kier molecular flexibility index (Phi) is 5.13. The van der Waals surface area contributed by atoms with Crippen LogP contribution in [-0.2, 0) is 10.0 Å². The molecule has 0 amide bonds. The molecule has 0 fully saturated rings. The van der Waals surface area contributed by atoms with Crippen molar-refractivity contribution >= 4 is 31.6 Å². The Balaban J connectivity index is 1.57. The summed E-state index contributed by atoms with van der Waals surface area (Å²) in [6, 6.07) is 20.9. The van der Waals surface area contributed by atoms with Crippen LogP contribution in [-0.4, -0.2) is 26.1 Å². The highest BCUT2D eigenvalue weighted by molar-refractivity contribution is 7.89. The molecule has 0 aliphatic carbocycles. The summed E-state index contributed by atoms with van der Waals surface area (Å²) in [5.41, 5.74) is 1.14. The molecule has 0 spiro atoms. The Labute approximate surface area is 184 Å². The predicted octanol–water partition coefficient (Wildman–Crippen LogP) is 4.31. The second kappa shape index (κ2) is 7.96. The number of nitrogens with two attached hydrogens (primary N) is 1. The number of nitrogens with zero attached hydrogens (tertiary/aromatic N) is 1. The van der Waals surface area contributed by atoms with E-state index in [0.717, 1.165) is 20.7 Å². The molecule has 1 unspecified atom stereocenters. The molecule has 2 atom stereocenters. The van der Waals surface area contributed by atoms with E-state index >= 15 is 0 Å². The van der Waals surface area contributed by atoms with Gasteiger partial charge in [-0.25, -0.2) is 18.5 Å². The van der Waals surface area contributed by atoms with E-state index in [0.29, 0.717) is 24.5 Å². The van der Waals surface area contributed by atoms with Gasteiger partial charge in [-0.3, -0.25) is 0 Å². The lowest BCUT2D eigenvalue weighted by Gasteiger charge is -2.26. The summed E-state index contributed by atoms with van der Waals surface area (Å²) in [6.45, 7) is 0.401. The standard InChI is InChI=1S/C23H20N2O4S2/c24-31(26,27)17-8-9-18-20(14-17)28-12-10-19(29-18)22(15-5-2-1-3-6-15)21-13-16-7-4-11-25-23(16)30-21/h1-9,11,13-14,19,22H,10,12H2,(H2,24,26,27)/t19?,22-/m1/s1. The van der Waals surface area contributed by atoms with Gasteiger partial charge in [0, 0.05) is 28.9 Å². The fourth-order valence-corrected chi connectivity index (χ4v) is 5.60. The van der Waals surface area contributed by atoms with Crippen LogP contribution in [0.25, 0.3) is 10.2 Å². The van der Waals surface area contributed by atoms with Crippen LogP contribution in [0.2, 0.25) is 0 Å². The fraction of sp³-hybridized carbons (Fsp3) is 0.174. The number of hydrogen-bond donors (Lipinski definition) is 1. The van der Waals surface area contributed by atoms with E-state index in [1.165, 1.54) is 12.1 Å². The molecule has 1 aliphatic rings. The van der Waals surface area contributed by atoms with Gasteiger partial charge in [-0.05, 0) is 29.8 Å². The molecule has 2 aromatic heterocycles. The normalized spacial score (nSPS) is 17.3. The molecule has 6 nitrogen and oxygen atoms in total. The first kappa shape index (κ1) is 20.0. The highest BCUT2D eigenvalue weighted by atomic mass is 32.2. The molecule has 5 rings (SSSR count). The van der Waals surface area contributed by atoms with Gasteiger partial charge in [-0.15, -0.1) is 11.3 Å². The van der Waals surface area contributed by atoms with E-state index in [1.54, 1.807) is 23.6 Å². The van der Waals surface area contributed by atoms with Crippen molar-refractivity contribution in [3.63, 3.8) is 0 Å². The van der Waals surface area contributed by atoms with E-state index in [1.807, 2.05) is 24.3 Å². The highest BCUT2D eigenvalue weighted by Gasteiger charge is 2.31. The minimum atomic E-state index is -3.82. The second-order valence-corrected chi connectivity index (χ2v) is 10.0. The van der Waals surface area contributed by atoms with Crippen LogP contribution < -0.4 is 14.6 Å². The van der Waals surface area contributed by atoms with Gasteiger partial charge in [0.2, 0.25) is 10.0 Å². The summed E-state index contributed by atoms with van der Waals surface area (Å²) in [5.74, 6) is 0.877. The number of fused-ring (bicyclic) bond motifs is 2. The molecule has 0 saturated carbocycles. The lowest BCUT2D eigenvalue weighted by atomic mass is 9.90. The molecule has 0 saturated heterocycles. The van der Waals surface area contributed by atoms with Crippen molar-refractivity contribution in [3.8, 4) is 11.5 Å². The second-order valence-electron chi connectivity index (χ2n) is 7.38. The van der Waals surface area contributed by atoms with Crippen molar-refractivity contribution in [2.24, 2.45) is 5.14 Å². The SMILES string of the molecule is NS(=O)(=O)c1ccc2c(c1)OCCC([C@@H](c1ccccc1)c1cc3cccnc3s1)O2. The van der Waals surface area contributed by atoms with Crippen LogP contribution in [0.4, 0.5) is 0 Å². The number of ether oxygens (including phenoxy) is 2. The van der Waals surface area contributed by atoms with Gasteiger partial charge in [0.05, 0.1) is 17.4 Å². The maximum absolute atomic E-state index is 11.7. The first-order chi connectivity index (χ1) is 15.0. The Bertz CT molecular complexity index is 1300. The van der Waals surface area contributed by atoms with E-state index in [-0.39, 0.29) is 16.9 Å². The zero-order valence-electron chi connectivity index (χ0n) is 16.5. The maximum Gasteiger partial charge on any atom is 0.238 e. The molecule has 0 radical (unpaired) electrons. The fourth-order valence-electron chi connectivity index (χ4n) is 3.89. The zero-order chi connectivity index (χ0) is 21.4. The number of pyridine rings is 1. The van der Waals surface area contributed by atoms with E-state index < -0.39 is 10.0 Å². The first-order valence-corrected chi connectivity index (χ1v) is 12.2. The van der Waals surface area contributed by atoms with Crippen molar-refractivity contribution in [2.45, 2.75) is 23.3 Å². The average Bonchev–Trinajstić information content (AvgIpc) is 3.06. The molecule has 3 heterocycles. The summed E-state index contributed by atoms with van der Waals surface area (Å²) >= 11 is 1.66. The number of aromatic nitrogens is 1. The van der Waals surface area contributed by atoms with Gasteiger partial charge in [0.1, 0.15) is 10.9 Å². The highest BCUT2D eigenvalue weighted by Crippen LogP contribution is 2.41. The average molecular weight is 453 g/mol. The number of rotatable bonds is 4. The van der Waals surface area contributed by atoms with Crippen molar-refractivity contribution in [1.29, 1.82) is 0 Å². The smallest absolute Gasteiger partial charge is 0.238 e. The van der Waals surface area contributed by atoms with Gasteiger partial charge in [0.15, 0.2) is 11.5 Å². The summed E-state index contributed by atoms with van der Waals surface area (Å²) in [5, 5.41) is 6.37. The quantitative estimate of drug-likeness (QED) is 0.498. The van der Waals surface area contributed by atoms with Crippen LogP contribution >= 0.6 is 11.3 Å². The third-order valence-corrected chi connectivity index (χ3v) is 7.38. The molecule has 0 bridgehead atoms. The zero-order valence-corrected chi connectivity index (χ0v) is 18.1.